The van der Waals surface area contributed by atoms with Crippen LogP contribution in [0.2, 0.25) is 0 Å². The fourth-order valence-electron chi connectivity index (χ4n) is 1.92. The minimum absolute atomic E-state index is 0.0347. The van der Waals surface area contributed by atoms with Crippen LogP contribution in [0.5, 0.6) is 0 Å². The largest absolute Gasteiger partial charge is 0.365 e. The summed E-state index contributed by atoms with van der Waals surface area (Å²) in [6.07, 6.45) is 5.89. The highest BCUT2D eigenvalue weighted by Gasteiger charge is 2.56. The molecule has 2 aliphatic rings. The van der Waals surface area contributed by atoms with E-state index in [0.717, 1.165) is 6.42 Å². The fraction of sp³-hybridized carbons (Fsp3) is 0.875. The van der Waals surface area contributed by atoms with Crippen molar-refractivity contribution < 1.29 is 4.74 Å². The van der Waals surface area contributed by atoms with E-state index in [2.05, 4.69) is 6.07 Å². The van der Waals surface area contributed by atoms with Crippen molar-refractivity contribution in [3.8, 4) is 6.07 Å². The maximum atomic E-state index is 8.48. The third-order valence-electron chi connectivity index (χ3n) is 2.60. The molecule has 0 unspecified atom stereocenters. The Morgan fingerprint density at radius 2 is 2.50 bits per heavy atom. The van der Waals surface area contributed by atoms with E-state index in [1.807, 2.05) is 0 Å². The van der Waals surface area contributed by atoms with Crippen LogP contribution in [0.15, 0.2) is 0 Å². The Hall–Kier alpha value is -0.550. The van der Waals surface area contributed by atoms with Gasteiger partial charge in [-0.2, -0.15) is 5.26 Å². The van der Waals surface area contributed by atoms with Crippen molar-refractivity contribution in [1.29, 1.82) is 5.26 Å². The van der Waals surface area contributed by atoms with Gasteiger partial charge in [0.2, 0.25) is 0 Å². The molecule has 1 saturated carbocycles. The first-order chi connectivity index (χ1) is 4.87. The zero-order chi connectivity index (χ0) is 7.03. The van der Waals surface area contributed by atoms with E-state index in [1.54, 1.807) is 0 Å². The SMILES string of the molecule is N#CC[C@@]12CCCC[C@@H]1O2. The molecule has 2 heteroatoms. The number of hydrogen-bond acceptors (Lipinski definition) is 2. The van der Waals surface area contributed by atoms with Gasteiger partial charge in [0.25, 0.3) is 0 Å². The first-order valence-corrected chi connectivity index (χ1v) is 3.92. The van der Waals surface area contributed by atoms with E-state index < -0.39 is 0 Å². The minimum atomic E-state index is 0.0347. The van der Waals surface area contributed by atoms with Gasteiger partial charge in [-0.15, -0.1) is 0 Å². The zero-order valence-electron chi connectivity index (χ0n) is 5.97. The van der Waals surface area contributed by atoms with Crippen molar-refractivity contribution in [2.45, 2.75) is 43.8 Å². The summed E-state index contributed by atoms with van der Waals surface area (Å²) >= 11 is 0. The summed E-state index contributed by atoms with van der Waals surface area (Å²) in [5.41, 5.74) is 0.0347. The Morgan fingerprint density at radius 1 is 1.60 bits per heavy atom. The normalized spacial score (nSPS) is 43.7. The maximum absolute atomic E-state index is 8.48. The van der Waals surface area contributed by atoms with Gasteiger partial charge in [-0.25, -0.2) is 0 Å². The Kier molecular flexibility index (Phi) is 1.21. The second-order valence-electron chi connectivity index (χ2n) is 3.25. The Morgan fingerprint density at radius 3 is 3.20 bits per heavy atom. The van der Waals surface area contributed by atoms with Crippen molar-refractivity contribution in [1.82, 2.24) is 0 Å². The number of fused-ring (bicyclic) bond motifs is 1. The third kappa shape index (κ3) is 0.741. The molecule has 2 fully saturated rings. The summed E-state index contributed by atoms with van der Waals surface area (Å²) in [6.45, 7) is 0. The Bertz CT molecular complexity index is 184. The van der Waals surface area contributed by atoms with Gasteiger partial charge in [0.1, 0.15) is 5.60 Å². The van der Waals surface area contributed by atoms with Gasteiger partial charge in [-0.05, 0) is 12.8 Å². The highest BCUT2D eigenvalue weighted by Crippen LogP contribution is 2.49. The molecule has 2 atom stereocenters. The maximum Gasteiger partial charge on any atom is 0.108 e. The van der Waals surface area contributed by atoms with Crippen molar-refractivity contribution in [2.75, 3.05) is 0 Å². The van der Waals surface area contributed by atoms with Crippen LogP contribution < -0.4 is 0 Å². The van der Waals surface area contributed by atoms with Gasteiger partial charge in [0.15, 0.2) is 0 Å². The smallest absolute Gasteiger partial charge is 0.108 e. The lowest BCUT2D eigenvalue weighted by molar-refractivity contribution is 0.289. The molecule has 0 radical (unpaired) electrons. The third-order valence-corrected chi connectivity index (χ3v) is 2.60. The monoisotopic (exact) mass is 137 g/mol. The number of nitriles is 1. The molecule has 0 aromatic heterocycles. The molecule has 0 amide bonds. The second-order valence-corrected chi connectivity index (χ2v) is 3.25. The molecule has 0 bridgehead atoms. The molecule has 1 heterocycles. The number of epoxide rings is 1. The molecule has 0 aromatic carbocycles. The topological polar surface area (TPSA) is 36.3 Å². The van der Waals surface area contributed by atoms with Gasteiger partial charge >= 0.3 is 0 Å². The molecule has 1 aliphatic carbocycles. The minimum Gasteiger partial charge on any atom is -0.365 e. The number of rotatable bonds is 1. The van der Waals surface area contributed by atoms with Gasteiger partial charge in [0, 0.05) is 0 Å². The van der Waals surface area contributed by atoms with E-state index >= 15 is 0 Å². The molecule has 0 aromatic rings. The average Bonchev–Trinajstić information content (AvgIpc) is 2.62. The Balaban J connectivity index is 2.00. The van der Waals surface area contributed by atoms with E-state index in [9.17, 15) is 0 Å². The molecular formula is C8H11NO. The first-order valence-electron chi connectivity index (χ1n) is 3.92. The van der Waals surface area contributed by atoms with Crippen LogP contribution in [-0.2, 0) is 4.74 Å². The molecule has 1 aliphatic heterocycles. The highest BCUT2D eigenvalue weighted by atomic mass is 16.6. The number of ether oxygens (including phenoxy) is 1. The highest BCUT2D eigenvalue weighted by molar-refractivity contribution is 5.09. The standard InChI is InChI=1S/C8H11NO/c9-6-5-8-4-2-1-3-7(8)10-8/h7H,1-5H2/t7-,8-/m0/s1. The van der Waals surface area contributed by atoms with Gasteiger partial charge in [0.05, 0.1) is 18.6 Å². The van der Waals surface area contributed by atoms with Crippen LogP contribution in [0, 0.1) is 11.3 Å². The molecular weight excluding hydrogens is 126 g/mol. The summed E-state index contributed by atoms with van der Waals surface area (Å²) in [5, 5.41) is 8.48. The van der Waals surface area contributed by atoms with Crippen molar-refractivity contribution in [3.63, 3.8) is 0 Å². The quantitative estimate of drug-likeness (QED) is 0.515. The molecule has 0 spiro atoms. The predicted octanol–water partition coefficient (Wildman–Crippen LogP) is 1.61. The molecule has 54 valence electrons. The van der Waals surface area contributed by atoms with Crippen molar-refractivity contribution in [2.24, 2.45) is 0 Å². The van der Waals surface area contributed by atoms with Crippen LogP contribution in [0.4, 0.5) is 0 Å². The number of hydrogen-bond donors (Lipinski definition) is 0. The summed E-state index contributed by atoms with van der Waals surface area (Å²) in [5.74, 6) is 0. The molecule has 10 heavy (non-hydrogen) atoms. The summed E-state index contributed by atoms with van der Waals surface area (Å²) in [4.78, 5) is 0. The average molecular weight is 137 g/mol. The second kappa shape index (κ2) is 1.96. The first kappa shape index (κ1) is 6.18. The van der Waals surface area contributed by atoms with Gasteiger partial charge < -0.3 is 4.74 Å². The zero-order valence-corrected chi connectivity index (χ0v) is 5.97. The summed E-state index contributed by atoms with van der Waals surface area (Å²) in [7, 11) is 0. The number of nitrogens with zero attached hydrogens (tertiary/aromatic N) is 1. The van der Waals surface area contributed by atoms with E-state index in [4.69, 9.17) is 10.00 Å². The van der Waals surface area contributed by atoms with Crippen molar-refractivity contribution in [3.05, 3.63) is 0 Å². The lowest BCUT2D eigenvalue weighted by atomic mass is 9.87. The van der Waals surface area contributed by atoms with Crippen LogP contribution in [0.25, 0.3) is 0 Å². The van der Waals surface area contributed by atoms with Gasteiger partial charge in [-0.1, -0.05) is 12.8 Å². The van der Waals surface area contributed by atoms with Crippen LogP contribution in [0.3, 0.4) is 0 Å². The van der Waals surface area contributed by atoms with E-state index in [1.165, 1.54) is 19.3 Å². The van der Waals surface area contributed by atoms with Crippen molar-refractivity contribution >= 4 is 0 Å². The van der Waals surface area contributed by atoms with E-state index in [-0.39, 0.29) is 5.60 Å². The lowest BCUT2D eigenvalue weighted by Gasteiger charge is -2.12. The summed E-state index contributed by atoms with van der Waals surface area (Å²) < 4.78 is 5.48. The lowest BCUT2D eigenvalue weighted by Crippen LogP contribution is -2.18. The molecule has 1 saturated heterocycles. The van der Waals surface area contributed by atoms with Crippen LogP contribution >= 0.6 is 0 Å². The Labute approximate surface area is 60.8 Å². The fourth-order valence-corrected chi connectivity index (χ4v) is 1.92. The molecule has 0 N–H and O–H groups in total. The van der Waals surface area contributed by atoms with E-state index in [0.29, 0.717) is 12.5 Å². The molecule has 2 nitrogen and oxygen atoms in total. The van der Waals surface area contributed by atoms with Crippen LogP contribution in [-0.4, -0.2) is 11.7 Å². The van der Waals surface area contributed by atoms with Gasteiger partial charge in [-0.3, -0.25) is 0 Å². The molecule has 2 rings (SSSR count). The predicted molar refractivity (Wildman–Crippen MR) is 36.3 cm³/mol. The van der Waals surface area contributed by atoms with Crippen LogP contribution in [0.1, 0.15) is 32.1 Å². The summed E-state index contributed by atoms with van der Waals surface area (Å²) in [6, 6.07) is 2.19.